The molecule has 0 saturated heterocycles. The van der Waals surface area contributed by atoms with Crippen molar-refractivity contribution in [3.63, 3.8) is 0 Å². The van der Waals surface area contributed by atoms with Gasteiger partial charge in [0.05, 0.1) is 18.5 Å². The molecule has 0 N–H and O–H groups in total. The van der Waals surface area contributed by atoms with Crippen LogP contribution in [-0.2, 0) is 16.1 Å². The number of para-hydroxylation sites is 2. The fourth-order valence-corrected chi connectivity index (χ4v) is 3.00. The second-order valence-corrected chi connectivity index (χ2v) is 6.30. The fourth-order valence-electron chi connectivity index (χ4n) is 3.00. The van der Waals surface area contributed by atoms with Crippen molar-refractivity contribution >= 4 is 17.5 Å². The van der Waals surface area contributed by atoms with Crippen molar-refractivity contribution in [2.45, 2.75) is 32.7 Å². The molecule has 0 fully saturated rings. The summed E-state index contributed by atoms with van der Waals surface area (Å²) in [6.07, 6.45) is 3.83. The Morgan fingerprint density at radius 3 is 2.85 bits per heavy atom. The van der Waals surface area contributed by atoms with Gasteiger partial charge in [-0.25, -0.2) is 0 Å². The van der Waals surface area contributed by atoms with E-state index in [0.29, 0.717) is 25.4 Å². The molecule has 0 bridgehead atoms. The summed E-state index contributed by atoms with van der Waals surface area (Å²) in [4.78, 5) is 28.4. The predicted octanol–water partition coefficient (Wildman–Crippen LogP) is 3.22. The summed E-state index contributed by atoms with van der Waals surface area (Å²) >= 11 is 0. The number of benzene rings is 1. The lowest BCUT2D eigenvalue weighted by atomic mass is 10.2. The number of carbonyl (C=O) groups is 2. The molecular formula is C20H24N2O4. The molecule has 0 radical (unpaired) electrons. The minimum atomic E-state index is -0.123. The van der Waals surface area contributed by atoms with Gasteiger partial charge in [-0.2, -0.15) is 0 Å². The van der Waals surface area contributed by atoms with Gasteiger partial charge in [0.25, 0.3) is 5.91 Å². The molecular weight excluding hydrogens is 332 g/mol. The van der Waals surface area contributed by atoms with E-state index in [2.05, 4.69) is 6.92 Å². The quantitative estimate of drug-likeness (QED) is 0.728. The van der Waals surface area contributed by atoms with E-state index in [-0.39, 0.29) is 24.8 Å². The van der Waals surface area contributed by atoms with Crippen molar-refractivity contribution in [3.8, 4) is 5.75 Å². The van der Waals surface area contributed by atoms with E-state index >= 15 is 0 Å². The molecule has 0 aliphatic carbocycles. The molecule has 0 unspecified atom stereocenters. The van der Waals surface area contributed by atoms with Crippen LogP contribution in [0, 0.1) is 0 Å². The maximum Gasteiger partial charge on any atom is 0.265 e. The second-order valence-electron chi connectivity index (χ2n) is 6.30. The zero-order valence-corrected chi connectivity index (χ0v) is 15.0. The van der Waals surface area contributed by atoms with Gasteiger partial charge in [0.15, 0.2) is 6.61 Å². The summed E-state index contributed by atoms with van der Waals surface area (Å²) in [5.41, 5.74) is 0.725. The Bertz CT molecular complexity index is 742. The molecule has 1 aliphatic rings. The van der Waals surface area contributed by atoms with Crippen LogP contribution in [-0.4, -0.2) is 36.4 Å². The number of rotatable bonds is 8. The number of fused-ring (bicyclic) bond motifs is 1. The first kappa shape index (κ1) is 18.0. The van der Waals surface area contributed by atoms with Gasteiger partial charge in [-0.3, -0.25) is 9.59 Å². The van der Waals surface area contributed by atoms with Crippen molar-refractivity contribution in [1.82, 2.24) is 4.90 Å². The van der Waals surface area contributed by atoms with Crippen LogP contribution in [0.4, 0.5) is 5.69 Å². The Kier molecular flexibility index (Phi) is 5.94. The number of amides is 2. The molecule has 2 aromatic rings. The van der Waals surface area contributed by atoms with Gasteiger partial charge in [-0.1, -0.05) is 25.5 Å². The van der Waals surface area contributed by atoms with Crippen LogP contribution in [0.2, 0.25) is 0 Å². The number of anilines is 1. The van der Waals surface area contributed by atoms with Crippen molar-refractivity contribution < 1.29 is 18.7 Å². The number of furan rings is 1. The van der Waals surface area contributed by atoms with Gasteiger partial charge in [-0.15, -0.1) is 0 Å². The highest BCUT2D eigenvalue weighted by molar-refractivity contribution is 5.98. The molecule has 1 aromatic carbocycles. The number of hydrogen-bond acceptors (Lipinski definition) is 4. The van der Waals surface area contributed by atoms with Crippen LogP contribution in [0.3, 0.4) is 0 Å². The van der Waals surface area contributed by atoms with Gasteiger partial charge < -0.3 is 19.0 Å². The molecule has 1 aromatic heterocycles. The number of hydrogen-bond donors (Lipinski definition) is 0. The number of ether oxygens (including phenoxy) is 1. The largest absolute Gasteiger partial charge is 0.482 e. The zero-order chi connectivity index (χ0) is 18.4. The van der Waals surface area contributed by atoms with Crippen LogP contribution in [0.15, 0.2) is 47.1 Å². The summed E-state index contributed by atoms with van der Waals surface area (Å²) < 4.78 is 10.8. The highest BCUT2D eigenvalue weighted by atomic mass is 16.5. The van der Waals surface area contributed by atoms with Gasteiger partial charge in [0.2, 0.25) is 5.91 Å². The van der Waals surface area contributed by atoms with E-state index in [1.54, 1.807) is 16.1 Å². The van der Waals surface area contributed by atoms with Crippen molar-refractivity contribution in [1.29, 1.82) is 0 Å². The van der Waals surface area contributed by atoms with E-state index in [1.165, 1.54) is 0 Å². The normalized spacial score (nSPS) is 13.3. The van der Waals surface area contributed by atoms with Gasteiger partial charge in [0, 0.05) is 19.5 Å². The van der Waals surface area contributed by atoms with E-state index in [9.17, 15) is 9.59 Å². The van der Waals surface area contributed by atoms with Crippen LogP contribution in [0.25, 0.3) is 0 Å². The number of unbranched alkanes of at least 4 members (excludes halogenated alkanes) is 1. The first-order valence-corrected chi connectivity index (χ1v) is 9.01. The summed E-state index contributed by atoms with van der Waals surface area (Å²) in [7, 11) is 0. The second kappa shape index (κ2) is 8.56. The standard InChI is InChI=1S/C20H24N2O4/c1-2-3-11-21(14-16-7-6-13-25-16)19(23)10-12-22-17-8-4-5-9-18(17)26-15-20(22)24/h4-9,13H,2-3,10-12,14-15H2,1H3. The van der Waals surface area contributed by atoms with Crippen LogP contribution in [0.1, 0.15) is 31.9 Å². The Morgan fingerprint density at radius 2 is 2.08 bits per heavy atom. The van der Waals surface area contributed by atoms with Crippen molar-refractivity contribution in [2.75, 3.05) is 24.6 Å². The number of nitrogens with zero attached hydrogens (tertiary/aromatic N) is 2. The van der Waals surface area contributed by atoms with Gasteiger partial charge in [-0.05, 0) is 30.7 Å². The first-order valence-electron chi connectivity index (χ1n) is 9.01. The SMILES string of the molecule is CCCCN(Cc1ccco1)C(=O)CCN1C(=O)COc2ccccc21. The molecule has 0 saturated carbocycles. The summed E-state index contributed by atoms with van der Waals surface area (Å²) in [5.74, 6) is 1.34. The summed E-state index contributed by atoms with van der Waals surface area (Å²) in [5, 5.41) is 0. The Morgan fingerprint density at radius 1 is 1.23 bits per heavy atom. The molecule has 0 atom stereocenters. The molecule has 138 valence electrons. The fraction of sp³-hybridized carbons (Fsp3) is 0.400. The van der Waals surface area contributed by atoms with E-state index in [0.717, 1.165) is 24.3 Å². The van der Waals surface area contributed by atoms with E-state index in [1.807, 2.05) is 36.4 Å². The lowest BCUT2D eigenvalue weighted by Gasteiger charge is -2.30. The van der Waals surface area contributed by atoms with Gasteiger partial charge >= 0.3 is 0 Å². The Labute approximate surface area is 153 Å². The lowest BCUT2D eigenvalue weighted by molar-refractivity contribution is -0.132. The molecule has 6 heteroatoms. The molecule has 2 amide bonds. The van der Waals surface area contributed by atoms with Crippen LogP contribution < -0.4 is 9.64 Å². The summed E-state index contributed by atoms with van der Waals surface area (Å²) in [6.45, 7) is 3.60. The van der Waals surface area contributed by atoms with Crippen LogP contribution >= 0.6 is 0 Å². The Hall–Kier alpha value is -2.76. The molecule has 3 rings (SSSR count). The zero-order valence-electron chi connectivity index (χ0n) is 15.0. The monoisotopic (exact) mass is 356 g/mol. The third-order valence-electron chi connectivity index (χ3n) is 4.42. The molecule has 1 aliphatic heterocycles. The lowest BCUT2D eigenvalue weighted by Crippen LogP contribution is -2.41. The smallest absolute Gasteiger partial charge is 0.265 e. The Balaban J connectivity index is 1.64. The average Bonchev–Trinajstić information content (AvgIpc) is 3.17. The highest BCUT2D eigenvalue weighted by Gasteiger charge is 2.26. The van der Waals surface area contributed by atoms with Gasteiger partial charge in [0.1, 0.15) is 11.5 Å². The minimum absolute atomic E-state index is 0.0111. The van der Waals surface area contributed by atoms with Crippen LogP contribution in [0.5, 0.6) is 5.75 Å². The maximum atomic E-state index is 12.8. The minimum Gasteiger partial charge on any atom is -0.482 e. The van der Waals surface area contributed by atoms with Crippen molar-refractivity contribution in [2.24, 2.45) is 0 Å². The third-order valence-corrected chi connectivity index (χ3v) is 4.42. The molecule has 26 heavy (non-hydrogen) atoms. The number of carbonyl (C=O) groups excluding carboxylic acids is 2. The predicted molar refractivity (Wildman–Crippen MR) is 97.9 cm³/mol. The summed E-state index contributed by atoms with van der Waals surface area (Å²) in [6, 6.07) is 11.1. The molecule has 0 spiro atoms. The van der Waals surface area contributed by atoms with E-state index < -0.39 is 0 Å². The average molecular weight is 356 g/mol. The first-order chi connectivity index (χ1) is 12.7. The van der Waals surface area contributed by atoms with Crippen molar-refractivity contribution in [3.05, 3.63) is 48.4 Å². The highest BCUT2D eigenvalue weighted by Crippen LogP contribution is 2.31. The molecule has 6 nitrogen and oxygen atoms in total. The topological polar surface area (TPSA) is 63.0 Å². The molecule has 2 heterocycles. The van der Waals surface area contributed by atoms with E-state index in [4.69, 9.17) is 9.15 Å². The maximum absolute atomic E-state index is 12.8. The third kappa shape index (κ3) is 4.25.